The normalized spacial score (nSPS) is 17.5. The third-order valence-corrected chi connectivity index (χ3v) is 7.10. The van der Waals surface area contributed by atoms with Crippen LogP contribution in [0.25, 0.3) is 22.0 Å². The minimum absolute atomic E-state index is 0.0241. The van der Waals surface area contributed by atoms with Gasteiger partial charge in [-0.2, -0.15) is 0 Å². The molecule has 0 spiro atoms. The van der Waals surface area contributed by atoms with Crippen LogP contribution in [0.3, 0.4) is 0 Å². The molecule has 3 aromatic heterocycles. The maximum atomic E-state index is 13.6. The maximum absolute atomic E-state index is 13.6. The number of aromatic nitrogens is 3. The average molecular weight is 569 g/mol. The van der Waals surface area contributed by atoms with Crippen LogP contribution >= 0.6 is 11.6 Å². The Balaban J connectivity index is 1.26. The van der Waals surface area contributed by atoms with Crippen LogP contribution in [0.2, 0.25) is 5.02 Å². The molecule has 2 aromatic carbocycles. The molecular weight excluding hydrogens is 546 g/mol. The van der Waals surface area contributed by atoms with Crippen LogP contribution in [0.15, 0.2) is 59.4 Å². The van der Waals surface area contributed by atoms with E-state index in [-0.39, 0.29) is 46.5 Å². The van der Waals surface area contributed by atoms with Crippen LogP contribution < -0.4 is 10.1 Å². The number of nitrogens with zero attached hydrogens (tertiary/aromatic N) is 2. The Morgan fingerprint density at radius 3 is 2.83 bits per heavy atom. The fourth-order valence-corrected chi connectivity index (χ4v) is 5.02. The number of para-hydroxylation sites is 1. The number of furan rings is 1. The zero-order valence-electron chi connectivity index (χ0n) is 20.9. The number of H-pyrrole nitrogens is 1. The molecule has 0 unspecified atom stereocenters. The van der Waals surface area contributed by atoms with Gasteiger partial charge >= 0.3 is 0 Å². The summed E-state index contributed by atoms with van der Waals surface area (Å²) in [5, 5.41) is 13.8. The van der Waals surface area contributed by atoms with E-state index in [1.807, 2.05) is 0 Å². The van der Waals surface area contributed by atoms with Crippen molar-refractivity contribution in [3.05, 3.63) is 76.9 Å². The zero-order valence-corrected chi connectivity index (χ0v) is 21.6. The fourth-order valence-electron chi connectivity index (χ4n) is 4.77. The number of benzene rings is 2. The van der Waals surface area contributed by atoms with Gasteiger partial charge in [-0.3, -0.25) is 4.79 Å². The van der Waals surface area contributed by atoms with Gasteiger partial charge in [0.2, 0.25) is 0 Å². The van der Waals surface area contributed by atoms with Gasteiger partial charge in [-0.15, -0.1) is 0 Å². The summed E-state index contributed by atoms with van der Waals surface area (Å²) in [5.41, 5.74) is 1.23. The molecule has 1 aliphatic heterocycles. The number of hydrogen-bond acceptors (Lipinski definition) is 8. The molecule has 6 rings (SSSR count). The lowest BCUT2D eigenvalue weighted by atomic mass is 10.0. The minimum atomic E-state index is -2.75. The first-order chi connectivity index (χ1) is 19.4. The summed E-state index contributed by atoms with van der Waals surface area (Å²) in [7, 11) is 0. The lowest BCUT2D eigenvalue weighted by molar-refractivity contribution is -0.0224. The fraction of sp³-hybridized carbons (Fsp3) is 0.250. The monoisotopic (exact) mass is 568 g/mol. The van der Waals surface area contributed by atoms with Crippen LogP contribution in [0.5, 0.6) is 11.5 Å². The number of ketones is 1. The van der Waals surface area contributed by atoms with E-state index >= 15 is 0 Å². The van der Waals surface area contributed by atoms with Crippen LogP contribution in [-0.2, 0) is 4.74 Å². The summed E-state index contributed by atoms with van der Waals surface area (Å²) in [4.78, 5) is 25.2. The van der Waals surface area contributed by atoms with E-state index in [1.165, 1.54) is 24.5 Å². The van der Waals surface area contributed by atoms with E-state index < -0.39 is 12.2 Å². The van der Waals surface area contributed by atoms with Crippen molar-refractivity contribution < 1.29 is 32.6 Å². The molecule has 0 radical (unpaired) electrons. The Labute approximate surface area is 231 Å². The number of aliphatic hydroxyl groups is 1. The molecule has 3 N–H and O–H groups in total. The number of ether oxygens (including phenoxy) is 2. The van der Waals surface area contributed by atoms with E-state index in [9.17, 15) is 18.7 Å². The smallest absolute Gasteiger partial charge is 0.295 e. The highest BCUT2D eigenvalue weighted by atomic mass is 35.5. The third-order valence-electron chi connectivity index (χ3n) is 6.78. The SMILES string of the molecule is O=C(c1ccc(Oc2cccc3cc(C(F)F)oc23)cc1Cl)c1c[nH]c2ncnc(N[C@@H]3CC[C@@H](CO)OC3)c12. The van der Waals surface area contributed by atoms with Crippen molar-refractivity contribution in [2.45, 2.75) is 31.4 Å². The Morgan fingerprint density at radius 2 is 2.08 bits per heavy atom. The summed E-state index contributed by atoms with van der Waals surface area (Å²) in [5.74, 6) is 0.215. The van der Waals surface area contributed by atoms with E-state index in [4.69, 9.17) is 25.5 Å². The largest absolute Gasteiger partial charge is 0.453 e. The van der Waals surface area contributed by atoms with Gasteiger partial charge in [0.25, 0.3) is 6.43 Å². The Morgan fingerprint density at radius 1 is 1.20 bits per heavy atom. The van der Waals surface area contributed by atoms with E-state index in [2.05, 4.69) is 20.3 Å². The van der Waals surface area contributed by atoms with Gasteiger partial charge in [-0.05, 0) is 37.1 Å². The van der Waals surface area contributed by atoms with Crippen LogP contribution in [-0.4, -0.2) is 51.2 Å². The number of carbonyl (C=O) groups excluding carboxylic acids is 1. The van der Waals surface area contributed by atoms with Crippen LogP contribution in [0, 0.1) is 0 Å². The number of halogens is 3. The second kappa shape index (κ2) is 10.8. The second-order valence-corrected chi connectivity index (χ2v) is 9.81. The molecule has 9 nitrogen and oxygen atoms in total. The van der Waals surface area contributed by atoms with E-state index in [1.54, 1.807) is 30.5 Å². The lowest BCUT2D eigenvalue weighted by Crippen LogP contribution is -2.36. The van der Waals surface area contributed by atoms with Crippen molar-refractivity contribution >= 4 is 45.2 Å². The van der Waals surface area contributed by atoms with Gasteiger partial charge in [-0.25, -0.2) is 18.7 Å². The number of carbonyl (C=O) groups is 1. The summed E-state index contributed by atoms with van der Waals surface area (Å²) in [6.45, 7) is 0.372. The molecule has 0 saturated carbocycles. The van der Waals surface area contributed by atoms with E-state index in [0.717, 1.165) is 6.42 Å². The summed E-state index contributed by atoms with van der Waals surface area (Å²) in [6, 6.07) is 10.7. The Bertz CT molecular complexity index is 1700. The highest BCUT2D eigenvalue weighted by Gasteiger charge is 2.25. The second-order valence-electron chi connectivity index (χ2n) is 9.40. The zero-order chi connectivity index (χ0) is 27.8. The van der Waals surface area contributed by atoms with Crippen molar-refractivity contribution in [2.75, 3.05) is 18.5 Å². The number of rotatable bonds is 8. The summed E-state index contributed by atoms with van der Waals surface area (Å²) in [6.07, 6.45) is 1.51. The molecule has 206 valence electrons. The Hall–Kier alpha value is -4.06. The number of anilines is 1. The molecule has 1 aliphatic rings. The molecule has 12 heteroatoms. The van der Waals surface area contributed by atoms with Gasteiger partial charge in [-0.1, -0.05) is 23.7 Å². The predicted molar refractivity (Wildman–Crippen MR) is 143 cm³/mol. The van der Waals surface area contributed by atoms with Crippen molar-refractivity contribution in [2.24, 2.45) is 0 Å². The van der Waals surface area contributed by atoms with Crippen molar-refractivity contribution in [3.8, 4) is 11.5 Å². The van der Waals surface area contributed by atoms with Crippen molar-refractivity contribution in [1.82, 2.24) is 15.0 Å². The van der Waals surface area contributed by atoms with Crippen LogP contribution in [0.4, 0.5) is 14.6 Å². The van der Waals surface area contributed by atoms with E-state index in [0.29, 0.717) is 46.6 Å². The van der Waals surface area contributed by atoms with Gasteiger partial charge in [0.05, 0.1) is 41.3 Å². The Kier molecular flexibility index (Phi) is 7.09. The molecule has 0 bridgehead atoms. The molecule has 0 aliphatic carbocycles. The number of aliphatic hydroxyl groups excluding tert-OH is 1. The molecule has 4 heterocycles. The predicted octanol–water partition coefficient (Wildman–Crippen LogP) is 6.27. The van der Waals surface area contributed by atoms with Crippen molar-refractivity contribution in [3.63, 3.8) is 0 Å². The number of fused-ring (bicyclic) bond motifs is 2. The first kappa shape index (κ1) is 26.2. The van der Waals surface area contributed by atoms with Crippen LogP contribution in [0.1, 0.15) is 40.9 Å². The van der Waals surface area contributed by atoms with Gasteiger partial charge < -0.3 is 29.3 Å². The average Bonchev–Trinajstić information content (AvgIpc) is 3.60. The quantitative estimate of drug-likeness (QED) is 0.187. The maximum Gasteiger partial charge on any atom is 0.295 e. The molecule has 0 amide bonds. The topological polar surface area (TPSA) is 123 Å². The highest BCUT2D eigenvalue weighted by Crippen LogP contribution is 2.37. The lowest BCUT2D eigenvalue weighted by Gasteiger charge is -2.29. The molecule has 1 saturated heterocycles. The standard InChI is InChI=1S/C28H23ClF2N4O5/c29-20-9-16(39-21-3-1-2-14-8-22(26(30)31)40-25(14)21)6-7-18(20)24(37)19-10-32-27-23(19)28(34-13-33-27)35-15-4-5-17(11-36)38-12-15/h1-3,6-10,13,15,17,26,36H,4-5,11-12H2,(H2,32,33,34,35)/t15-,17+/m1/s1. The van der Waals surface area contributed by atoms with Gasteiger partial charge in [0.1, 0.15) is 23.5 Å². The third kappa shape index (κ3) is 4.99. The molecular formula is C28H23ClF2N4O5. The number of hydrogen-bond donors (Lipinski definition) is 3. The molecule has 2 atom stereocenters. The van der Waals surface area contributed by atoms with Gasteiger partial charge in [0, 0.05) is 23.2 Å². The molecule has 1 fully saturated rings. The van der Waals surface area contributed by atoms with Crippen molar-refractivity contribution in [1.29, 1.82) is 0 Å². The number of aromatic amines is 1. The summed E-state index contributed by atoms with van der Waals surface area (Å²) < 4.78 is 43.0. The first-order valence-electron chi connectivity index (χ1n) is 12.5. The number of nitrogens with one attached hydrogen (secondary N) is 2. The minimum Gasteiger partial charge on any atom is -0.453 e. The number of alkyl halides is 2. The highest BCUT2D eigenvalue weighted by molar-refractivity contribution is 6.35. The van der Waals surface area contributed by atoms with Gasteiger partial charge in [0.15, 0.2) is 22.9 Å². The molecule has 40 heavy (non-hydrogen) atoms. The molecule has 5 aromatic rings. The first-order valence-corrected chi connectivity index (χ1v) is 12.9. The summed E-state index contributed by atoms with van der Waals surface area (Å²) >= 11 is 6.53.